The Hall–Kier alpha value is -3.21. The Kier molecular flexibility index (Phi) is 6.47. The highest BCUT2D eigenvalue weighted by molar-refractivity contribution is 7.21. The van der Waals surface area contributed by atoms with Crippen LogP contribution >= 0.6 is 11.3 Å². The third-order valence-electron chi connectivity index (χ3n) is 6.83. The van der Waals surface area contributed by atoms with Gasteiger partial charge in [-0.3, -0.25) is 4.98 Å². The molecule has 2 saturated heterocycles. The van der Waals surface area contributed by atoms with Gasteiger partial charge in [0.2, 0.25) is 5.95 Å². The lowest BCUT2D eigenvalue weighted by Crippen LogP contribution is -2.45. The lowest BCUT2D eigenvalue weighted by molar-refractivity contribution is 0.0845. The van der Waals surface area contributed by atoms with Crippen LogP contribution in [-0.2, 0) is 4.74 Å². The maximum Gasteiger partial charge on any atom is 0.227 e. The molecular weight excluding hydrogens is 472 g/mol. The third-order valence-corrected chi connectivity index (χ3v) is 7.88. The molecule has 2 fully saturated rings. The van der Waals surface area contributed by atoms with E-state index in [0.717, 1.165) is 102 Å². The number of nitrogens with zero attached hydrogens (tertiary/aromatic N) is 7. The Bertz CT molecular complexity index is 1360. The number of nitrogens with one attached hydrogen (secondary N) is 1. The highest BCUT2D eigenvalue weighted by atomic mass is 32.1. The van der Waals surface area contributed by atoms with Gasteiger partial charge in [0.05, 0.1) is 10.2 Å². The van der Waals surface area contributed by atoms with Gasteiger partial charge in [-0.1, -0.05) is 0 Å². The number of thiazole rings is 1. The van der Waals surface area contributed by atoms with Gasteiger partial charge >= 0.3 is 0 Å². The predicted octanol–water partition coefficient (Wildman–Crippen LogP) is 4.24. The number of aryl methyl sites for hydroxylation is 1. The maximum absolute atomic E-state index is 5.51. The molecule has 0 radical (unpaired) electrons. The Balaban J connectivity index is 1.23. The number of likely N-dealkylation sites (N-methyl/N-ethyl adjacent to an activating group) is 1. The Morgan fingerprint density at radius 3 is 2.64 bits per heavy atom. The van der Waals surface area contributed by atoms with Crippen molar-refractivity contribution in [3.63, 3.8) is 0 Å². The SMILES string of the molecule is Cc1cc(Nc2cc3nc(-c4ccnc(C5CCOCC5)c4)sc3cn2)nc(N2CCN(C)CC2)n1. The first-order valence-corrected chi connectivity index (χ1v) is 13.3. The fourth-order valence-electron chi connectivity index (χ4n) is 4.72. The maximum atomic E-state index is 5.51. The average Bonchev–Trinajstić information content (AvgIpc) is 3.33. The molecule has 6 heterocycles. The quantitative estimate of drug-likeness (QED) is 0.430. The second-order valence-electron chi connectivity index (χ2n) is 9.52. The monoisotopic (exact) mass is 502 g/mol. The van der Waals surface area contributed by atoms with Crippen molar-refractivity contribution in [1.29, 1.82) is 0 Å². The van der Waals surface area contributed by atoms with E-state index in [1.54, 1.807) is 11.3 Å². The second kappa shape index (κ2) is 10.0. The molecule has 9 nitrogen and oxygen atoms in total. The largest absolute Gasteiger partial charge is 0.381 e. The molecule has 0 bridgehead atoms. The molecular formula is C26H30N8OS. The van der Waals surface area contributed by atoms with E-state index in [1.165, 1.54) is 0 Å². The normalized spacial score (nSPS) is 17.6. The van der Waals surface area contributed by atoms with Crippen molar-refractivity contribution in [3.05, 3.63) is 48.0 Å². The summed E-state index contributed by atoms with van der Waals surface area (Å²) < 4.78 is 6.57. The molecule has 4 aromatic heterocycles. The fraction of sp³-hybridized carbons (Fsp3) is 0.423. The van der Waals surface area contributed by atoms with Crippen LogP contribution in [0.25, 0.3) is 20.8 Å². The van der Waals surface area contributed by atoms with E-state index in [0.29, 0.717) is 5.92 Å². The van der Waals surface area contributed by atoms with Crippen molar-refractivity contribution in [2.24, 2.45) is 0 Å². The van der Waals surface area contributed by atoms with E-state index in [1.807, 2.05) is 37.5 Å². The van der Waals surface area contributed by atoms with E-state index >= 15 is 0 Å². The number of ether oxygens (including phenoxy) is 1. The summed E-state index contributed by atoms with van der Waals surface area (Å²) in [7, 11) is 2.15. The summed E-state index contributed by atoms with van der Waals surface area (Å²) in [6.45, 7) is 7.49. The van der Waals surface area contributed by atoms with Gasteiger partial charge in [0.25, 0.3) is 0 Å². The number of hydrogen-bond donors (Lipinski definition) is 1. The number of hydrogen-bond acceptors (Lipinski definition) is 10. The Morgan fingerprint density at radius 1 is 0.972 bits per heavy atom. The number of piperazine rings is 1. The van der Waals surface area contributed by atoms with Crippen molar-refractivity contribution >= 4 is 39.1 Å². The molecule has 0 amide bonds. The van der Waals surface area contributed by atoms with Crippen molar-refractivity contribution in [2.75, 3.05) is 56.7 Å². The Labute approximate surface area is 214 Å². The van der Waals surface area contributed by atoms with E-state index < -0.39 is 0 Å². The van der Waals surface area contributed by atoms with Crippen molar-refractivity contribution < 1.29 is 4.74 Å². The van der Waals surface area contributed by atoms with E-state index in [-0.39, 0.29) is 0 Å². The minimum Gasteiger partial charge on any atom is -0.381 e. The zero-order chi connectivity index (χ0) is 24.5. The highest BCUT2D eigenvalue weighted by Crippen LogP contribution is 2.33. The number of fused-ring (bicyclic) bond motifs is 1. The molecule has 0 atom stereocenters. The van der Waals surface area contributed by atoms with Crippen LogP contribution in [0.5, 0.6) is 0 Å². The van der Waals surface area contributed by atoms with Gasteiger partial charge in [0.15, 0.2) is 0 Å². The molecule has 0 spiro atoms. The Morgan fingerprint density at radius 2 is 1.81 bits per heavy atom. The molecule has 0 aromatic carbocycles. The van der Waals surface area contributed by atoms with Gasteiger partial charge in [0.1, 0.15) is 16.6 Å². The lowest BCUT2D eigenvalue weighted by atomic mass is 9.95. The van der Waals surface area contributed by atoms with E-state index in [9.17, 15) is 0 Å². The zero-order valence-electron chi connectivity index (χ0n) is 20.6. The van der Waals surface area contributed by atoms with Crippen LogP contribution in [-0.4, -0.2) is 76.3 Å². The van der Waals surface area contributed by atoms with Crippen molar-refractivity contribution in [2.45, 2.75) is 25.7 Å². The first-order chi connectivity index (χ1) is 17.6. The first kappa shape index (κ1) is 23.2. The van der Waals surface area contributed by atoms with E-state index in [2.05, 4.69) is 43.2 Å². The molecule has 4 aromatic rings. The number of anilines is 3. The van der Waals surface area contributed by atoms with E-state index in [4.69, 9.17) is 14.7 Å². The minimum absolute atomic E-state index is 0.456. The van der Waals surface area contributed by atoms with Crippen molar-refractivity contribution in [3.8, 4) is 10.6 Å². The summed E-state index contributed by atoms with van der Waals surface area (Å²) in [5.41, 5.74) is 4.08. The third kappa shape index (κ3) is 5.02. The van der Waals surface area contributed by atoms with Gasteiger partial charge < -0.3 is 19.9 Å². The van der Waals surface area contributed by atoms with Gasteiger partial charge in [-0.2, -0.15) is 4.98 Å². The van der Waals surface area contributed by atoms with Crippen molar-refractivity contribution in [1.82, 2.24) is 29.8 Å². The molecule has 2 aliphatic rings. The van der Waals surface area contributed by atoms with Crippen LogP contribution in [0.4, 0.5) is 17.6 Å². The summed E-state index contributed by atoms with van der Waals surface area (Å²) in [5, 5.41) is 4.35. The molecule has 0 aliphatic carbocycles. The van der Waals surface area contributed by atoms with Gasteiger partial charge in [0, 0.05) is 86.8 Å². The van der Waals surface area contributed by atoms with Crippen LogP contribution in [0.1, 0.15) is 30.1 Å². The fourth-order valence-corrected chi connectivity index (χ4v) is 5.63. The first-order valence-electron chi connectivity index (χ1n) is 12.5. The molecule has 186 valence electrons. The van der Waals surface area contributed by atoms with Gasteiger partial charge in [-0.15, -0.1) is 11.3 Å². The number of rotatable bonds is 5. The van der Waals surface area contributed by atoms with Crippen LogP contribution in [0.15, 0.2) is 36.7 Å². The summed E-state index contributed by atoms with van der Waals surface area (Å²) in [5.74, 6) is 2.69. The van der Waals surface area contributed by atoms with Crippen LogP contribution in [0.2, 0.25) is 0 Å². The predicted molar refractivity (Wildman–Crippen MR) is 143 cm³/mol. The summed E-state index contributed by atoms with van der Waals surface area (Å²) in [6, 6.07) is 8.16. The van der Waals surface area contributed by atoms with Gasteiger partial charge in [-0.05, 0) is 38.9 Å². The lowest BCUT2D eigenvalue weighted by Gasteiger charge is -2.32. The van der Waals surface area contributed by atoms with Gasteiger partial charge in [-0.25, -0.2) is 15.0 Å². The number of pyridine rings is 2. The van der Waals surface area contributed by atoms with Crippen LogP contribution in [0, 0.1) is 6.92 Å². The average molecular weight is 503 g/mol. The molecule has 1 N–H and O–H groups in total. The smallest absolute Gasteiger partial charge is 0.227 e. The molecule has 10 heteroatoms. The molecule has 0 saturated carbocycles. The highest BCUT2D eigenvalue weighted by Gasteiger charge is 2.19. The summed E-state index contributed by atoms with van der Waals surface area (Å²) >= 11 is 1.65. The molecule has 2 aliphatic heterocycles. The van der Waals surface area contributed by atoms with Crippen LogP contribution < -0.4 is 10.2 Å². The summed E-state index contributed by atoms with van der Waals surface area (Å²) in [4.78, 5) is 28.2. The molecule has 0 unspecified atom stereocenters. The second-order valence-corrected chi connectivity index (χ2v) is 10.6. The molecule has 36 heavy (non-hydrogen) atoms. The zero-order valence-corrected chi connectivity index (χ0v) is 21.5. The van der Waals surface area contributed by atoms with Crippen LogP contribution in [0.3, 0.4) is 0 Å². The number of aromatic nitrogens is 5. The minimum atomic E-state index is 0.456. The summed E-state index contributed by atoms with van der Waals surface area (Å²) in [6.07, 6.45) is 5.82. The molecule has 6 rings (SSSR count). The standard InChI is InChI=1S/C26H30N8OS/c1-17-13-24(32-26(29-17)34-9-7-33(2)8-10-34)31-23-15-21-22(16-28-23)36-25(30-21)19-3-6-27-20(14-19)18-4-11-35-12-5-18/h3,6,13-16,18H,4-5,7-12H2,1-2H3,(H,28,29,31,32). The topological polar surface area (TPSA) is 92.2 Å².